The predicted octanol–water partition coefficient (Wildman–Crippen LogP) is 1.85. The summed E-state index contributed by atoms with van der Waals surface area (Å²) in [7, 11) is 0. The highest BCUT2D eigenvalue weighted by molar-refractivity contribution is 5.79. The van der Waals surface area contributed by atoms with Gasteiger partial charge in [-0.1, -0.05) is 18.2 Å². The number of nitrogens with zero attached hydrogens (tertiary/aromatic N) is 3. The molecular weight excluding hydrogens is 288 g/mol. The summed E-state index contributed by atoms with van der Waals surface area (Å²) < 4.78 is 1.93. The van der Waals surface area contributed by atoms with E-state index in [1.165, 1.54) is 0 Å². The smallest absolute Gasteiger partial charge is 0.227 e. The predicted molar refractivity (Wildman–Crippen MR) is 90.8 cm³/mol. The number of nitrogens with one attached hydrogen (secondary N) is 1. The molecule has 5 nitrogen and oxygen atoms in total. The maximum Gasteiger partial charge on any atom is 0.227 e. The third kappa shape index (κ3) is 3.29. The molecule has 0 saturated carbocycles. The Labute approximate surface area is 137 Å². The summed E-state index contributed by atoms with van der Waals surface area (Å²) in [6, 6.07) is 10.4. The molecule has 1 N–H and O–H groups in total. The topological polar surface area (TPSA) is 50.2 Å². The van der Waals surface area contributed by atoms with Gasteiger partial charge in [-0.2, -0.15) is 5.10 Å². The highest BCUT2D eigenvalue weighted by Gasteiger charge is 2.23. The van der Waals surface area contributed by atoms with Gasteiger partial charge in [-0.25, -0.2) is 4.68 Å². The molecule has 1 aliphatic rings. The van der Waals surface area contributed by atoms with Gasteiger partial charge >= 0.3 is 0 Å². The lowest BCUT2D eigenvalue weighted by Crippen LogP contribution is -2.51. The van der Waals surface area contributed by atoms with E-state index in [-0.39, 0.29) is 5.91 Å². The molecule has 0 radical (unpaired) electrons. The van der Waals surface area contributed by atoms with Gasteiger partial charge in [0.2, 0.25) is 5.91 Å². The van der Waals surface area contributed by atoms with Crippen molar-refractivity contribution < 1.29 is 4.79 Å². The molecule has 5 heteroatoms. The number of amides is 1. The standard InChI is InChI=1S/C18H24N4O/c1-13-12-21(10-9-19-13)18(23)11-17-14(2)20-22(15(17)3)16-7-5-4-6-8-16/h4-8,13,19H,9-12H2,1-3H3. The van der Waals surface area contributed by atoms with Crippen LogP contribution in [0.5, 0.6) is 0 Å². The number of benzene rings is 1. The van der Waals surface area contributed by atoms with Crippen LogP contribution in [0.2, 0.25) is 0 Å². The van der Waals surface area contributed by atoms with Crippen LogP contribution < -0.4 is 5.32 Å². The van der Waals surface area contributed by atoms with Gasteiger partial charge in [0, 0.05) is 36.9 Å². The van der Waals surface area contributed by atoms with Crippen molar-refractivity contribution in [2.75, 3.05) is 19.6 Å². The normalized spacial score (nSPS) is 18.2. The zero-order valence-corrected chi connectivity index (χ0v) is 14.0. The number of aromatic nitrogens is 2. The maximum absolute atomic E-state index is 12.6. The number of piperazine rings is 1. The molecule has 1 unspecified atom stereocenters. The van der Waals surface area contributed by atoms with E-state index in [1.54, 1.807) is 0 Å². The van der Waals surface area contributed by atoms with Gasteiger partial charge in [0.15, 0.2) is 0 Å². The van der Waals surface area contributed by atoms with Crippen molar-refractivity contribution in [3.05, 3.63) is 47.3 Å². The number of aryl methyl sites for hydroxylation is 1. The molecule has 1 aliphatic heterocycles. The van der Waals surface area contributed by atoms with Crippen molar-refractivity contribution in [2.45, 2.75) is 33.2 Å². The van der Waals surface area contributed by atoms with Crippen molar-refractivity contribution in [3.63, 3.8) is 0 Å². The molecule has 23 heavy (non-hydrogen) atoms. The Hall–Kier alpha value is -2.14. The fourth-order valence-electron chi connectivity index (χ4n) is 3.17. The molecule has 3 rings (SSSR count). The van der Waals surface area contributed by atoms with Crippen molar-refractivity contribution in [3.8, 4) is 5.69 Å². The van der Waals surface area contributed by atoms with E-state index in [0.717, 1.165) is 42.3 Å². The van der Waals surface area contributed by atoms with Crippen LogP contribution in [-0.2, 0) is 11.2 Å². The maximum atomic E-state index is 12.6. The molecule has 1 aromatic heterocycles. The lowest BCUT2D eigenvalue weighted by molar-refractivity contribution is -0.131. The van der Waals surface area contributed by atoms with Crippen LogP contribution >= 0.6 is 0 Å². The number of hydrogen-bond donors (Lipinski definition) is 1. The second-order valence-electron chi connectivity index (χ2n) is 6.27. The molecule has 2 heterocycles. The summed E-state index contributed by atoms with van der Waals surface area (Å²) in [4.78, 5) is 14.6. The average Bonchev–Trinajstić information content (AvgIpc) is 2.84. The minimum Gasteiger partial charge on any atom is -0.340 e. The molecule has 1 aromatic carbocycles. The average molecular weight is 312 g/mol. The minimum absolute atomic E-state index is 0.192. The van der Waals surface area contributed by atoms with E-state index < -0.39 is 0 Å². The molecule has 1 fully saturated rings. The summed E-state index contributed by atoms with van der Waals surface area (Å²) in [5.41, 5.74) is 4.06. The van der Waals surface area contributed by atoms with Crippen LogP contribution in [-0.4, -0.2) is 46.3 Å². The van der Waals surface area contributed by atoms with Gasteiger partial charge in [0.25, 0.3) is 0 Å². The van der Waals surface area contributed by atoms with Gasteiger partial charge in [-0.15, -0.1) is 0 Å². The molecule has 0 bridgehead atoms. The Balaban J connectivity index is 1.81. The molecular formula is C18H24N4O. The van der Waals surface area contributed by atoms with E-state index in [1.807, 2.05) is 53.8 Å². The Kier molecular flexibility index (Phi) is 4.48. The van der Waals surface area contributed by atoms with Crippen molar-refractivity contribution in [1.29, 1.82) is 0 Å². The Bertz CT molecular complexity index is 693. The van der Waals surface area contributed by atoms with E-state index in [4.69, 9.17) is 0 Å². The van der Waals surface area contributed by atoms with E-state index in [9.17, 15) is 4.79 Å². The van der Waals surface area contributed by atoms with Gasteiger partial charge < -0.3 is 10.2 Å². The third-order valence-corrected chi connectivity index (χ3v) is 4.49. The molecule has 0 aliphatic carbocycles. The second kappa shape index (κ2) is 6.54. The molecule has 1 amide bonds. The molecule has 1 atom stereocenters. The van der Waals surface area contributed by atoms with Crippen molar-refractivity contribution in [1.82, 2.24) is 20.0 Å². The summed E-state index contributed by atoms with van der Waals surface area (Å²) in [5, 5.41) is 8.00. The molecule has 0 spiro atoms. The van der Waals surface area contributed by atoms with Gasteiger partial charge in [0.1, 0.15) is 0 Å². The number of rotatable bonds is 3. The summed E-state index contributed by atoms with van der Waals surface area (Å²) in [5.74, 6) is 0.192. The first-order valence-electron chi connectivity index (χ1n) is 8.18. The van der Waals surface area contributed by atoms with E-state index >= 15 is 0 Å². The highest BCUT2D eigenvalue weighted by atomic mass is 16.2. The summed E-state index contributed by atoms with van der Waals surface area (Å²) >= 11 is 0. The van der Waals surface area contributed by atoms with Gasteiger partial charge in [-0.05, 0) is 32.9 Å². The number of para-hydroxylation sites is 1. The second-order valence-corrected chi connectivity index (χ2v) is 6.27. The fraction of sp³-hybridized carbons (Fsp3) is 0.444. The zero-order valence-electron chi connectivity index (χ0n) is 14.0. The van der Waals surface area contributed by atoms with Gasteiger partial charge in [-0.3, -0.25) is 4.79 Å². The minimum atomic E-state index is 0.192. The Morgan fingerprint density at radius 1 is 1.30 bits per heavy atom. The lowest BCUT2D eigenvalue weighted by atomic mass is 10.1. The number of hydrogen-bond acceptors (Lipinski definition) is 3. The number of carbonyl (C=O) groups excluding carboxylic acids is 1. The number of carbonyl (C=O) groups is 1. The van der Waals surface area contributed by atoms with Crippen LogP contribution in [0.15, 0.2) is 30.3 Å². The van der Waals surface area contributed by atoms with E-state index in [0.29, 0.717) is 12.5 Å². The summed E-state index contributed by atoms with van der Waals surface area (Å²) in [6.45, 7) is 8.57. The van der Waals surface area contributed by atoms with Crippen LogP contribution in [0.25, 0.3) is 5.69 Å². The highest BCUT2D eigenvalue weighted by Crippen LogP contribution is 2.19. The third-order valence-electron chi connectivity index (χ3n) is 4.49. The summed E-state index contributed by atoms with van der Waals surface area (Å²) in [6.07, 6.45) is 0.428. The van der Waals surface area contributed by atoms with Crippen molar-refractivity contribution in [2.24, 2.45) is 0 Å². The van der Waals surface area contributed by atoms with Crippen molar-refractivity contribution >= 4 is 5.91 Å². The van der Waals surface area contributed by atoms with Crippen LogP contribution in [0.1, 0.15) is 23.9 Å². The first-order chi connectivity index (χ1) is 11.1. The van der Waals surface area contributed by atoms with Crippen LogP contribution in [0, 0.1) is 13.8 Å². The fourth-order valence-corrected chi connectivity index (χ4v) is 3.17. The first-order valence-corrected chi connectivity index (χ1v) is 8.18. The monoisotopic (exact) mass is 312 g/mol. The van der Waals surface area contributed by atoms with E-state index in [2.05, 4.69) is 17.3 Å². The zero-order chi connectivity index (χ0) is 16.4. The Morgan fingerprint density at radius 3 is 2.74 bits per heavy atom. The van der Waals surface area contributed by atoms with Gasteiger partial charge in [0.05, 0.1) is 17.8 Å². The first kappa shape index (κ1) is 15.7. The molecule has 2 aromatic rings. The van der Waals surface area contributed by atoms with Crippen LogP contribution in [0.4, 0.5) is 0 Å². The molecule has 1 saturated heterocycles. The quantitative estimate of drug-likeness (QED) is 0.941. The lowest BCUT2D eigenvalue weighted by Gasteiger charge is -2.32. The largest absolute Gasteiger partial charge is 0.340 e. The Morgan fingerprint density at radius 2 is 2.04 bits per heavy atom. The molecule has 122 valence electrons. The SMILES string of the molecule is Cc1nn(-c2ccccc2)c(C)c1CC(=O)N1CCNC(C)C1. The van der Waals surface area contributed by atoms with Crippen LogP contribution in [0.3, 0.4) is 0 Å².